The fourth-order valence-corrected chi connectivity index (χ4v) is 2.99. The number of hydrogen-bond acceptors (Lipinski definition) is 6. The van der Waals surface area contributed by atoms with Gasteiger partial charge in [0.05, 0.1) is 12.4 Å². The molecule has 0 aliphatic rings. The van der Waals surface area contributed by atoms with Gasteiger partial charge < -0.3 is 10.1 Å². The van der Waals surface area contributed by atoms with Crippen LogP contribution in [0.4, 0.5) is 14.6 Å². The molecule has 152 valence electrons. The molecular formula is C20H16F2N6O2. The van der Waals surface area contributed by atoms with Crippen LogP contribution in [-0.4, -0.2) is 42.6 Å². The fourth-order valence-electron chi connectivity index (χ4n) is 2.99. The van der Waals surface area contributed by atoms with Crippen LogP contribution in [0.5, 0.6) is 0 Å². The van der Waals surface area contributed by atoms with Crippen LogP contribution in [0.2, 0.25) is 0 Å². The summed E-state index contributed by atoms with van der Waals surface area (Å²) in [6.45, 7) is -0.190. The Bertz CT molecular complexity index is 1200. The van der Waals surface area contributed by atoms with Crippen molar-refractivity contribution >= 4 is 22.8 Å². The van der Waals surface area contributed by atoms with Crippen molar-refractivity contribution in [2.45, 2.75) is 6.54 Å². The number of aliphatic carboxylic acids is 1. The second-order valence-electron chi connectivity index (χ2n) is 6.49. The highest BCUT2D eigenvalue weighted by Gasteiger charge is 2.17. The van der Waals surface area contributed by atoms with Crippen LogP contribution in [0.3, 0.4) is 0 Å². The molecular weight excluding hydrogens is 394 g/mol. The van der Waals surface area contributed by atoms with Crippen LogP contribution in [0.1, 0.15) is 5.56 Å². The number of hydrazine groups is 1. The van der Waals surface area contributed by atoms with Crippen LogP contribution >= 0.6 is 0 Å². The lowest BCUT2D eigenvalue weighted by Crippen LogP contribution is -2.35. The lowest BCUT2D eigenvalue weighted by atomic mass is 10.2. The number of H-pyrrole nitrogens is 1. The number of carboxylic acids is 1. The van der Waals surface area contributed by atoms with Crippen LogP contribution in [0.15, 0.2) is 55.0 Å². The van der Waals surface area contributed by atoms with Crippen molar-refractivity contribution in [2.75, 3.05) is 12.0 Å². The third-order valence-corrected chi connectivity index (χ3v) is 4.29. The predicted octanol–water partition coefficient (Wildman–Crippen LogP) is 3.21. The maximum atomic E-state index is 14.4. The van der Waals surface area contributed by atoms with E-state index in [1.54, 1.807) is 6.20 Å². The second-order valence-corrected chi connectivity index (χ2v) is 6.49. The van der Waals surface area contributed by atoms with Gasteiger partial charge in [-0.3, -0.25) is 10.2 Å². The Hall–Kier alpha value is -3.92. The highest BCUT2D eigenvalue weighted by atomic mass is 19.1. The molecule has 30 heavy (non-hydrogen) atoms. The molecule has 3 heterocycles. The maximum Gasteiger partial charge on any atom is 0.319 e. The van der Waals surface area contributed by atoms with E-state index in [1.807, 2.05) is 30.3 Å². The smallest absolute Gasteiger partial charge is 0.319 e. The van der Waals surface area contributed by atoms with Gasteiger partial charge in [-0.25, -0.2) is 28.7 Å². The minimum absolute atomic E-state index is 0.132. The van der Waals surface area contributed by atoms with Crippen molar-refractivity contribution in [1.29, 1.82) is 0 Å². The van der Waals surface area contributed by atoms with E-state index < -0.39 is 24.1 Å². The number of hydrogen-bond donors (Lipinski definition) is 3. The third kappa shape index (κ3) is 4.23. The van der Waals surface area contributed by atoms with E-state index in [-0.39, 0.29) is 18.2 Å². The van der Waals surface area contributed by atoms with E-state index in [0.717, 1.165) is 18.0 Å². The number of nitrogens with one attached hydrogen (secondary N) is 2. The third-order valence-electron chi connectivity index (χ3n) is 4.29. The molecule has 0 bridgehead atoms. The molecule has 0 atom stereocenters. The average molecular weight is 410 g/mol. The summed E-state index contributed by atoms with van der Waals surface area (Å²) in [6.07, 6.45) is 3.60. The molecule has 3 N–H and O–H groups in total. The molecule has 4 rings (SSSR count). The first-order chi connectivity index (χ1) is 14.5. The normalized spacial score (nSPS) is 11.2. The van der Waals surface area contributed by atoms with Crippen LogP contribution in [0, 0.1) is 11.6 Å². The molecule has 0 aliphatic heterocycles. The summed E-state index contributed by atoms with van der Waals surface area (Å²) in [6, 6.07) is 10.4. The Morgan fingerprint density at radius 1 is 1.17 bits per heavy atom. The number of fused-ring (bicyclic) bond motifs is 1. The summed E-state index contributed by atoms with van der Waals surface area (Å²) in [4.78, 5) is 26.2. The summed E-state index contributed by atoms with van der Waals surface area (Å²) in [5.41, 5.74) is 4.42. The SMILES string of the molecule is O=C(O)CN(Cc1ccccc1)Nc1nc(-c2c[nH]c3ncc(F)cc23)ncc1F. The minimum atomic E-state index is -1.09. The molecule has 0 amide bonds. The molecule has 0 radical (unpaired) electrons. The van der Waals surface area contributed by atoms with Gasteiger partial charge in [-0.2, -0.15) is 0 Å². The number of aromatic nitrogens is 4. The molecule has 10 heteroatoms. The number of aromatic amines is 1. The van der Waals surface area contributed by atoms with E-state index in [2.05, 4.69) is 25.4 Å². The first kappa shape index (κ1) is 19.4. The summed E-state index contributed by atoms with van der Waals surface area (Å²) in [5.74, 6) is -2.44. The number of anilines is 1. The van der Waals surface area contributed by atoms with E-state index in [0.29, 0.717) is 16.6 Å². The van der Waals surface area contributed by atoms with Gasteiger partial charge in [0.25, 0.3) is 0 Å². The van der Waals surface area contributed by atoms with Gasteiger partial charge in [-0.05, 0) is 11.6 Å². The molecule has 0 saturated heterocycles. The molecule has 0 spiro atoms. The summed E-state index contributed by atoms with van der Waals surface area (Å²) < 4.78 is 28.0. The number of halogens is 2. The van der Waals surface area contributed by atoms with Crippen molar-refractivity contribution in [3.63, 3.8) is 0 Å². The maximum absolute atomic E-state index is 14.4. The zero-order chi connectivity index (χ0) is 21.1. The lowest BCUT2D eigenvalue weighted by molar-refractivity contribution is -0.138. The monoisotopic (exact) mass is 410 g/mol. The van der Waals surface area contributed by atoms with Gasteiger partial charge in [0, 0.05) is 23.7 Å². The topological polar surface area (TPSA) is 107 Å². The van der Waals surface area contributed by atoms with Crippen molar-refractivity contribution in [3.05, 3.63) is 72.2 Å². The molecule has 0 saturated carbocycles. The molecule has 0 aliphatic carbocycles. The Balaban J connectivity index is 1.66. The Kier molecular flexibility index (Phi) is 5.31. The van der Waals surface area contributed by atoms with Gasteiger partial charge in [-0.15, -0.1) is 0 Å². The summed E-state index contributed by atoms with van der Waals surface area (Å²) in [7, 11) is 0. The van der Waals surface area contributed by atoms with E-state index >= 15 is 0 Å². The van der Waals surface area contributed by atoms with Gasteiger partial charge in [0.2, 0.25) is 0 Å². The number of carbonyl (C=O) groups is 1. The molecule has 0 fully saturated rings. The largest absolute Gasteiger partial charge is 0.480 e. The second kappa shape index (κ2) is 8.21. The van der Waals surface area contributed by atoms with Gasteiger partial charge in [0.1, 0.15) is 18.0 Å². The van der Waals surface area contributed by atoms with Crippen molar-refractivity contribution in [2.24, 2.45) is 0 Å². The molecule has 4 aromatic rings. The van der Waals surface area contributed by atoms with Crippen LogP contribution in [0.25, 0.3) is 22.4 Å². The fraction of sp³-hybridized carbons (Fsp3) is 0.100. The number of pyridine rings is 1. The quantitative estimate of drug-likeness (QED) is 0.402. The van der Waals surface area contributed by atoms with Gasteiger partial charge >= 0.3 is 5.97 Å². The summed E-state index contributed by atoms with van der Waals surface area (Å²) in [5, 5.41) is 11.0. The standard InChI is InChI=1S/C20H16F2N6O2/c21-13-6-14-15(8-24-18(14)23-7-13)19-25-9-16(22)20(26-19)27-28(11-17(29)30)10-12-4-2-1-3-5-12/h1-9H,10-11H2,(H,23,24)(H,29,30)(H,25,26,27). The number of nitrogens with zero attached hydrogens (tertiary/aromatic N) is 4. The Morgan fingerprint density at radius 3 is 2.73 bits per heavy atom. The summed E-state index contributed by atoms with van der Waals surface area (Å²) >= 11 is 0. The lowest BCUT2D eigenvalue weighted by Gasteiger charge is -2.22. The van der Waals surface area contributed by atoms with Crippen molar-refractivity contribution in [3.8, 4) is 11.4 Å². The van der Waals surface area contributed by atoms with Crippen LogP contribution in [-0.2, 0) is 11.3 Å². The van der Waals surface area contributed by atoms with Gasteiger partial charge in [-0.1, -0.05) is 30.3 Å². The number of carboxylic acid groups (broad SMARTS) is 1. The highest BCUT2D eigenvalue weighted by Crippen LogP contribution is 2.27. The van der Waals surface area contributed by atoms with Crippen molar-refractivity contribution < 1.29 is 18.7 Å². The van der Waals surface area contributed by atoms with E-state index in [4.69, 9.17) is 0 Å². The minimum Gasteiger partial charge on any atom is -0.480 e. The predicted molar refractivity (Wildman–Crippen MR) is 105 cm³/mol. The zero-order valence-electron chi connectivity index (χ0n) is 15.5. The molecule has 8 nitrogen and oxygen atoms in total. The molecule has 1 aromatic carbocycles. The first-order valence-corrected chi connectivity index (χ1v) is 8.92. The number of benzene rings is 1. The Morgan fingerprint density at radius 2 is 1.97 bits per heavy atom. The van der Waals surface area contributed by atoms with E-state index in [9.17, 15) is 18.7 Å². The van der Waals surface area contributed by atoms with Crippen LogP contribution < -0.4 is 5.43 Å². The zero-order valence-corrected chi connectivity index (χ0v) is 15.5. The molecule has 3 aromatic heterocycles. The molecule has 0 unspecified atom stereocenters. The first-order valence-electron chi connectivity index (χ1n) is 8.92. The van der Waals surface area contributed by atoms with E-state index in [1.165, 1.54) is 11.1 Å². The Labute approximate surface area is 169 Å². The van der Waals surface area contributed by atoms with Crippen molar-refractivity contribution in [1.82, 2.24) is 24.9 Å². The highest BCUT2D eigenvalue weighted by molar-refractivity contribution is 5.91. The van der Waals surface area contributed by atoms with Gasteiger partial charge in [0.15, 0.2) is 17.5 Å². The average Bonchev–Trinajstić information content (AvgIpc) is 3.13. The number of rotatable bonds is 7.